The molecule has 1 atom stereocenters. The van der Waals surface area contributed by atoms with Crippen LogP contribution in [0.3, 0.4) is 0 Å². The molecule has 2 aromatic rings. The van der Waals surface area contributed by atoms with E-state index in [-0.39, 0.29) is 11.9 Å². The lowest BCUT2D eigenvalue weighted by Crippen LogP contribution is -2.24. The molecule has 2 nitrogen and oxygen atoms in total. The highest BCUT2D eigenvalue weighted by Crippen LogP contribution is 2.13. The van der Waals surface area contributed by atoms with E-state index in [0.717, 1.165) is 17.5 Å². The van der Waals surface area contributed by atoms with E-state index in [0.29, 0.717) is 0 Å². The number of amides is 1. The molecule has 108 valence electrons. The first-order valence-electron chi connectivity index (χ1n) is 7.31. The van der Waals surface area contributed by atoms with Crippen molar-refractivity contribution < 1.29 is 4.79 Å². The van der Waals surface area contributed by atoms with E-state index in [2.05, 4.69) is 36.5 Å². The summed E-state index contributed by atoms with van der Waals surface area (Å²) in [6.45, 7) is 4.13. The van der Waals surface area contributed by atoms with Gasteiger partial charge in [0.1, 0.15) is 0 Å². The Balaban J connectivity index is 1.93. The third-order valence-corrected chi connectivity index (χ3v) is 3.47. The molecule has 1 N–H and O–H groups in total. The van der Waals surface area contributed by atoms with Gasteiger partial charge in [-0.25, -0.2) is 0 Å². The van der Waals surface area contributed by atoms with Gasteiger partial charge in [0.05, 0.1) is 6.04 Å². The molecule has 21 heavy (non-hydrogen) atoms. The first-order valence-corrected chi connectivity index (χ1v) is 7.31. The zero-order chi connectivity index (χ0) is 15.1. The number of carbonyl (C=O) groups excluding carboxylic acids is 1. The molecule has 2 aromatic carbocycles. The fourth-order valence-electron chi connectivity index (χ4n) is 2.12. The van der Waals surface area contributed by atoms with E-state index in [4.69, 9.17) is 0 Å². The third kappa shape index (κ3) is 4.60. The summed E-state index contributed by atoms with van der Waals surface area (Å²) >= 11 is 0. The highest BCUT2D eigenvalue weighted by Gasteiger charge is 2.07. The molecule has 0 bridgehead atoms. The van der Waals surface area contributed by atoms with E-state index in [1.807, 2.05) is 43.3 Å². The van der Waals surface area contributed by atoms with E-state index in [1.165, 1.54) is 5.56 Å². The summed E-state index contributed by atoms with van der Waals surface area (Å²) < 4.78 is 0. The summed E-state index contributed by atoms with van der Waals surface area (Å²) in [5, 5.41) is 2.98. The van der Waals surface area contributed by atoms with Gasteiger partial charge in [-0.3, -0.25) is 4.79 Å². The highest BCUT2D eigenvalue weighted by molar-refractivity contribution is 5.91. The van der Waals surface area contributed by atoms with Gasteiger partial charge in [-0.2, -0.15) is 0 Å². The van der Waals surface area contributed by atoms with Gasteiger partial charge in [0.25, 0.3) is 0 Å². The highest BCUT2D eigenvalue weighted by atomic mass is 16.1. The van der Waals surface area contributed by atoms with Gasteiger partial charge in [-0.15, -0.1) is 0 Å². The largest absolute Gasteiger partial charge is 0.346 e. The summed E-state index contributed by atoms with van der Waals surface area (Å²) in [4.78, 5) is 11.9. The molecular formula is C19H21NO. The molecule has 0 aromatic heterocycles. The zero-order valence-corrected chi connectivity index (χ0v) is 12.5. The first-order chi connectivity index (χ1) is 10.2. The van der Waals surface area contributed by atoms with Crippen LogP contribution in [0.25, 0.3) is 6.08 Å². The maximum absolute atomic E-state index is 11.9. The monoisotopic (exact) mass is 279 g/mol. The first kappa shape index (κ1) is 15.0. The van der Waals surface area contributed by atoms with Gasteiger partial charge in [-0.1, -0.05) is 61.5 Å². The van der Waals surface area contributed by atoms with Crippen LogP contribution in [0.2, 0.25) is 0 Å². The van der Waals surface area contributed by atoms with Crippen molar-refractivity contribution in [1.82, 2.24) is 5.32 Å². The number of hydrogen-bond acceptors (Lipinski definition) is 1. The molecule has 0 aliphatic rings. The molecule has 0 fully saturated rings. The topological polar surface area (TPSA) is 29.1 Å². The second-order valence-corrected chi connectivity index (χ2v) is 5.07. The molecule has 0 radical (unpaired) electrons. The average molecular weight is 279 g/mol. The molecule has 0 saturated carbocycles. The Labute approximate surface area is 126 Å². The van der Waals surface area contributed by atoms with E-state index >= 15 is 0 Å². The Morgan fingerprint density at radius 2 is 1.76 bits per heavy atom. The maximum atomic E-state index is 11.9. The fraction of sp³-hybridized carbons (Fsp3) is 0.211. The van der Waals surface area contributed by atoms with Crippen molar-refractivity contribution in [2.75, 3.05) is 0 Å². The molecule has 2 heteroatoms. The molecule has 0 saturated heterocycles. The van der Waals surface area contributed by atoms with Crippen molar-refractivity contribution in [1.29, 1.82) is 0 Å². The van der Waals surface area contributed by atoms with Crippen LogP contribution in [0.5, 0.6) is 0 Å². The lowest BCUT2D eigenvalue weighted by atomic mass is 10.0. The number of hydrogen-bond donors (Lipinski definition) is 1. The summed E-state index contributed by atoms with van der Waals surface area (Å²) in [6, 6.07) is 18.2. The molecule has 0 spiro atoms. The van der Waals surface area contributed by atoms with E-state index in [9.17, 15) is 4.79 Å². The van der Waals surface area contributed by atoms with E-state index < -0.39 is 0 Å². The predicted molar refractivity (Wildman–Crippen MR) is 87.9 cm³/mol. The Morgan fingerprint density at radius 1 is 1.10 bits per heavy atom. The number of nitrogens with one attached hydrogen (secondary N) is 1. The smallest absolute Gasteiger partial charge is 0.244 e. The van der Waals surface area contributed by atoms with Crippen molar-refractivity contribution in [2.45, 2.75) is 26.3 Å². The lowest BCUT2D eigenvalue weighted by Gasteiger charge is -2.13. The maximum Gasteiger partial charge on any atom is 0.244 e. The van der Waals surface area contributed by atoms with Crippen molar-refractivity contribution in [2.24, 2.45) is 0 Å². The lowest BCUT2D eigenvalue weighted by molar-refractivity contribution is -0.117. The molecule has 0 heterocycles. The predicted octanol–water partition coefficient (Wildman–Crippen LogP) is 4.14. The van der Waals surface area contributed by atoms with Gasteiger partial charge in [0, 0.05) is 6.08 Å². The number of rotatable bonds is 5. The van der Waals surface area contributed by atoms with Gasteiger partial charge in [0.15, 0.2) is 0 Å². The molecular weight excluding hydrogens is 258 g/mol. The van der Waals surface area contributed by atoms with Crippen LogP contribution in [0.15, 0.2) is 60.7 Å². The van der Waals surface area contributed by atoms with Gasteiger partial charge < -0.3 is 5.32 Å². The second kappa shape index (κ2) is 7.44. The standard InChI is InChI=1S/C19H21NO/c1-3-16-9-12-18(13-10-16)15(2)20-19(21)14-11-17-7-5-4-6-8-17/h4-15H,3H2,1-2H3,(H,20,21)/b14-11+/t15-/m0/s1. The zero-order valence-electron chi connectivity index (χ0n) is 12.5. The second-order valence-electron chi connectivity index (χ2n) is 5.07. The van der Waals surface area contributed by atoms with Crippen molar-refractivity contribution in [3.63, 3.8) is 0 Å². The van der Waals surface area contributed by atoms with Crippen LogP contribution in [0.4, 0.5) is 0 Å². The summed E-state index contributed by atoms with van der Waals surface area (Å²) in [5.74, 6) is -0.0779. The number of aryl methyl sites for hydroxylation is 1. The molecule has 0 unspecified atom stereocenters. The van der Waals surface area contributed by atoms with Crippen LogP contribution in [-0.2, 0) is 11.2 Å². The average Bonchev–Trinajstić information content (AvgIpc) is 2.54. The third-order valence-electron chi connectivity index (χ3n) is 3.47. The minimum Gasteiger partial charge on any atom is -0.346 e. The number of carbonyl (C=O) groups is 1. The Kier molecular flexibility index (Phi) is 5.33. The quantitative estimate of drug-likeness (QED) is 0.819. The van der Waals surface area contributed by atoms with Crippen molar-refractivity contribution in [3.05, 3.63) is 77.4 Å². The minimum absolute atomic E-state index is 0.00355. The molecule has 1 amide bonds. The van der Waals surface area contributed by atoms with Crippen LogP contribution in [-0.4, -0.2) is 5.91 Å². The molecule has 2 rings (SSSR count). The van der Waals surface area contributed by atoms with Crippen LogP contribution in [0.1, 0.15) is 36.6 Å². The molecule has 0 aliphatic carbocycles. The normalized spacial score (nSPS) is 12.3. The van der Waals surface area contributed by atoms with Gasteiger partial charge >= 0.3 is 0 Å². The van der Waals surface area contributed by atoms with Crippen molar-refractivity contribution >= 4 is 12.0 Å². The number of benzene rings is 2. The van der Waals surface area contributed by atoms with Crippen LogP contribution in [0, 0.1) is 0 Å². The summed E-state index contributed by atoms with van der Waals surface area (Å²) in [6.07, 6.45) is 4.43. The van der Waals surface area contributed by atoms with E-state index in [1.54, 1.807) is 6.08 Å². The van der Waals surface area contributed by atoms with Crippen molar-refractivity contribution in [3.8, 4) is 0 Å². The SMILES string of the molecule is CCc1ccc([C@H](C)NC(=O)/C=C/c2ccccc2)cc1. The fourth-order valence-corrected chi connectivity index (χ4v) is 2.12. The minimum atomic E-state index is -0.0779. The van der Waals surface area contributed by atoms with Crippen LogP contribution >= 0.6 is 0 Å². The Bertz CT molecular complexity index is 599. The summed E-state index contributed by atoms with van der Waals surface area (Å²) in [7, 11) is 0. The van der Waals surface area contributed by atoms with Crippen LogP contribution < -0.4 is 5.32 Å². The molecule has 0 aliphatic heterocycles. The Morgan fingerprint density at radius 3 is 2.38 bits per heavy atom. The van der Waals surface area contributed by atoms with Gasteiger partial charge in [-0.05, 0) is 36.1 Å². The van der Waals surface area contributed by atoms with Gasteiger partial charge in [0.2, 0.25) is 5.91 Å². The Hall–Kier alpha value is -2.35. The summed E-state index contributed by atoms with van der Waals surface area (Å²) in [5.41, 5.74) is 3.45.